The maximum absolute atomic E-state index is 12.8. The highest BCUT2D eigenvalue weighted by molar-refractivity contribution is 5.94. The zero-order chi connectivity index (χ0) is 20.1. The van der Waals surface area contributed by atoms with Crippen LogP contribution in [0.3, 0.4) is 0 Å². The number of rotatable bonds is 4. The molecule has 0 saturated carbocycles. The molecule has 2 heterocycles. The molecule has 2 aromatic rings. The average Bonchev–Trinajstić information content (AvgIpc) is 3.33. The number of nitrogens with zero attached hydrogens (tertiary/aromatic N) is 3. The number of ether oxygens (including phenoxy) is 1. The lowest BCUT2D eigenvalue weighted by atomic mass is 10.1. The minimum atomic E-state index is -0.323. The lowest BCUT2D eigenvalue weighted by Gasteiger charge is -2.34. The maximum atomic E-state index is 12.8. The number of amides is 2. The SMILES string of the molecule is O=C(OCc1ccccc1)N1CCN(C(=O)c2ccc(N3CCCC3)cc2)CC1. The van der Waals surface area contributed by atoms with Gasteiger partial charge in [-0.25, -0.2) is 4.79 Å². The van der Waals surface area contributed by atoms with Gasteiger partial charge in [-0.1, -0.05) is 30.3 Å². The van der Waals surface area contributed by atoms with Gasteiger partial charge in [0.05, 0.1) is 0 Å². The van der Waals surface area contributed by atoms with Crippen molar-refractivity contribution in [3.8, 4) is 0 Å². The topological polar surface area (TPSA) is 53.1 Å². The van der Waals surface area contributed by atoms with Crippen LogP contribution in [0.5, 0.6) is 0 Å². The van der Waals surface area contributed by atoms with Crippen LogP contribution in [-0.2, 0) is 11.3 Å². The Hall–Kier alpha value is -3.02. The van der Waals surface area contributed by atoms with Crippen molar-refractivity contribution in [3.05, 3.63) is 65.7 Å². The molecule has 0 aromatic heterocycles. The van der Waals surface area contributed by atoms with Crippen LogP contribution in [0.2, 0.25) is 0 Å². The zero-order valence-electron chi connectivity index (χ0n) is 16.6. The molecule has 2 aromatic carbocycles. The van der Waals surface area contributed by atoms with Crippen molar-refractivity contribution >= 4 is 17.7 Å². The Bertz CT molecular complexity index is 824. The molecule has 6 nitrogen and oxygen atoms in total. The van der Waals surface area contributed by atoms with Crippen molar-refractivity contribution in [1.29, 1.82) is 0 Å². The van der Waals surface area contributed by atoms with E-state index < -0.39 is 0 Å². The number of piperazine rings is 1. The number of hydrogen-bond donors (Lipinski definition) is 0. The fourth-order valence-corrected chi connectivity index (χ4v) is 3.88. The van der Waals surface area contributed by atoms with Crippen molar-refractivity contribution in [2.75, 3.05) is 44.2 Å². The Morgan fingerprint density at radius 2 is 1.38 bits per heavy atom. The van der Waals surface area contributed by atoms with E-state index in [1.54, 1.807) is 4.90 Å². The Labute approximate surface area is 171 Å². The van der Waals surface area contributed by atoms with Crippen LogP contribution in [0.4, 0.5) is 10.5 Å². The van der Waals surface area contributed by atoms with E-state index in [1.165, 1.54) is 18.5 Å². The van der Waals surface area contributed by atoms with Crippen molar-refractivity contribution < 1.29 is 14.3 Å². The van der Waals surface area contributed by atoms with E-state index in [0.29, 0.717) is 31.7 Å². The van der Waals surface area contributed by atoms with Gasteiger partial charge >= 0.3 is 6.09 Å². The van der Waals surface area contributed by atoms with E-state index in [-0.39, 0.29) is 18.6 Å². The Kier molecular flexibility index (Phi) is 5.98. The number of hydrogen-bond acceptors (Lipinski definition) is 4. The van der Waals surface area contributed by atoms with E-state index in [1.807, 2.05) is 59.5 Å². The van der Waals surface area contributed by atoms with E-state index in [0.717, 1.165) is 18.7 Å². The molecule has 2 saturated heterocycles. The predicted molar refractivity (Wildman–Crippen MR) is 112 cm³/mol. The molecule has 0 spiro atoms. The molecule has 0 bridgehead atoms. The summed E-state index contributed by atoms with van der Waals surface area (Å²) in [7, 11) is 0. The second-order valence-electron chi connectivity index (χ2n) is 7.56. The molecule has 2 fully saturated rings. The molecule has 2 aliphatic heterocycles. The molecule has 0 aliphatic carbocycles. The van der Waals surface area contributed by atoms with Gasteiger partial charge in [-0.05, 0) is 42.7 Å². The van der Waals surface area contributed by atoms with Crippen LogP contribution >= 0.6 is 0 Å². The van der Waals surface area contributed by atoms with E-state index >= 15 is 0 Å². The third-order valence-corrected chi connectivity index (χ3v) is 5.62. The fraction of sp³-hybridized carbons (Fsp3) is 0.391. The zero-order valence-corrected chi connectivity index (χ0v) is 16.6. The average molecular weight is 393 g/mol. The highest BCUT2D eigenvalue weighted by Crippen LogP contribution is 2.21. The first-order valence-corrected chi connectivity index (χ1v) is 10.3. The standard InChI is InChI=1S/C23H27N3O3/c27-22(20-8-10-21(11-9-20)24-12-4-5-13-24)25-14-16-26(17-15-25)23(28)29-18-19-6-2-1-3-7-19/h1-3,6-11H,4-5,12-18H2. The van der Waals surface area contributed by atoms with Crippen LogP contribution in [0.15, 0.2) is 54.6 Å². The van der Waals surface area contributed by atoms with Crippen LogP contribution in [0.25, 0.3) is 0 Å². The normalized spacial score (nSPS) is 16.8. The molecule has 2 amide bonds. The summed E-state index contributed by atoms with van der Waals surface area (Å²) in [6, 6.07) is 17.5. The second-order valence-corrected chi connectivity index (χ2v) is 7.56. The number of carbonyl (C=O) groups excluding carboxylic acids is 2. The van der Waals surface area contributed by atoms with Crippen molar-refractivity contribution in [3.63, 3.8) is 0 Å². The van der Waals surface area contributed by atoms with E-state index in [9.17, 15) is 9.59 Å². The summed E-state index contributed by atoms with van der Waals surface area (Å²) in [6.07, 6.45) is 2.15. The van der Waals surface area contributed by atoms with E-state index in [2.05, 4.69) is 4.90 Å². The smallest absolute Gasteiger partial charge is 0.410 e. The summed E-state index contributed by atoms with van der Waals surface area (Å²) < 4.78 is 5.39. The first kappa shape index (κ1) is 19.3. The van der Waals surface area contributed by atoms with Crippen molar-refractivity contribution in [2.24, 2.45) is 0 Å². The summed E-state index contributed by atoms with van der Waals surface area (Å²) in [5, 5.41) is 0. The molecule has 4 rings (SSSR count). The molecule has 2 aliphatic rings. The predicted octanol–water partition coefficient (Wildman–Crippen LogP) is 3.38. The second kappa shape index (κ2) is 8.99. The highest BCUT2D eigenvalue weighted by Gasteiger charge is 2.26. The largest absolute Gasteiger partial charge is 0.445 e. The number of carbonyl (C=O) groups is 2. The highest BCUT2D eigenvalue weighted by atomic mass is 16.6. The Morgan fingerprint density at radius 1 is 0.759 bits per heavy atom. The van der Waals surface area contributed by atoms with Crippen LogP contribution in [0.1, 0.15) is 28.8 Å². The molecule has 152 valence electrons. The summed E-state index contributed by atoms with van der Waals surface area (Å²) in [5.41, 5.74) is 2.85. The quantitative estimate of drug-likeness (QED) is 0.799. The number of benzene rings is 2. The molecule has 0 unspecified atom stereocenters. The Balaban J connectivity index is 1.26. The van der Waals surface area contributed by atoms with Gasteiger partial charge in [0.2, 0.25) is 0 Å². The van der Waals surface area contributed by atoms with Crippen molar-refractivity contribution in [2.45, 2.75) is 19.4 Å². The minimum absolute atomic E-state index is 0.0234. The summed E-state index contributed by atoms with van der Waals surface area (Å²) >= 11 is 0. The number of anilines is 1. The summed E-state index contributed by atoms with van der Waals surface area (Å²) in [5.74, 6) is 0.0234. The van der Waals surface area contributed by atoms with Gasteiger partial charge in [0, 0.05) is 50.5 Å². The molecule has 0 N–H and O–H groups in total. The lowest BCUT2D eigenvalue weighted by molar-refractivity contribution is 0.0544. The van der Waals surface area contributed by atoms with Crippen LogP contribution < -0.4 is 4.90 Å². The van der Waals surface area contributed by atoms with Gasteiger partial charge in [0.1, 0.15) is 6.61 Å². The van der Waals surface area contributed by atoms with Gasteiger partial charge in [-0.15, -0.1) is 0 Å². The summed E-state index contributed by atoms with van der Waals surface area (Å²) in [6.45, 7) is 4.48. The first-order chi connectivity index (χ1) is 14.2. The molecule has 29 heavy (non-hydrogen) atoms. The van der Waals surface area contributed by atoms with Gasteiger partial charge in [0.15, 0.2) is 0 Å². The van der Waals surface area contributed by atoms with E-state index in [4.69, 9.17) is 4.74 Å². The molecule has 6 heteroatoms. The summed E-state index contributed by atoms with van der Waals surface area (Å²) in [4.78, 5) is 30.9. The van der Waals surface area contributed by atoms with Crippen molar-refractivity contribution in [1.82, 2.24) is 9.80 Å². The van der Waals surface area contributed by atoms with Crippen LogP contribution in [-0.4, -0.2) is 61.1 Å². The third-order valence-electron chi connectivity index (χ3n) is 5.62. The maximum Gasteiger partial charge on any atom is 0.410 e. The Morgan fingerprint density at radius 3 is 2.03 bits per heavy atom. The lowest BCUT2D eigenvalue weighted by Crippen LogP contribution is -2.50. The molecule has 0 radical (unpaired) electrons. The fourth-order valence-electron chi connectivity index (χ4n) is 3.88. The molecule has 0 atom stereocenters. The van der Waals surface area contributed by atoms with Gasteiger partial charge in [-0.2, -0.15) is 0 Å². The monoisotopic (exact) mass is 393 g/mol. The van der Waals surface area contributed by atoms with Gasteiger partial charge in [0.25, 0.3) is 5.91 Å². The minimum Gasteiger partial charge on any atom is -0.445 e. The molecular formula is C23H27N3O3. The molecular weight excluding hydrogens is 366 g/mol. The third kappa shape index (κ3) is 4.70. The van der Waals surface area contributed by atoms with Gasteiger partial charge in [-0.3, -0.25) is 4.79 Å². The van der Waals surface area contributed by atoms with Crippen LogP contribution in [0, 0.1) is 0 Å². The first-order valence-electron chi connectivity index (χ1n) is 10.3. The van der Waals surface area contributed by atoms with Gasteiger partial charge < -0.3 is 19.4 Å².